The summed E-state index contributed by atoms with van der Waals surface area (Å²) in [5.74, 6) is 0.00982. The lowest BCUT2D eigenvalue weighted by atomic mass is 10.1. The molecule has 1 N–H and O–H groups in total. The number of fused-ring (bicyclic) bond motifs is 2. The van der Waals surface area contributed by atoms with Gasteiger partial charge in [0.25, 0.3) is 0 Å². The Hall–Kier alpha value is -3.52. The lowest BCUT2D eigenvalue weighted by Crippen LogP contribution is -2.07. The zero-order valence-corrected chi connectivity index (χ0v) is 20.1. The van der Waals surface area contributed by atoms with Crippen LogP contribution in [0.1, 0.15) is 39.9 Å². The summed E-state index contributed by atoms with van der Waals surface area (Å²) >= 11 is 3.56. The summed E-state index contributed by atoms with van der Waals surface area (Å²) in [6.45, 7) is 6.81. The van der Waals surface area contributed by atoms with Crippen molar-refractivity contribution in [3.63, 3.8) is 0 Å². The Morgan fingerprint density at radius 1 is 1.09 bits per heavy atom. The molecular weight excluding hydrogens is 482 g/mol. The Balaban J connectivity index is 1.62. The van der Waals surface area contributed by atoms with Crippen LogP contribution in [0.2, 0.25) is 0 Å². The Kier molecular flexibility index (Phi) is 5.25. The number of hydrogen-bond acceptors (Lipinski definition) is 4. The first-order chi connectivity index (χ1) is 15.9. The van der Waals surface area contributed by atoms with E-state index in [1.807, 2.05) is 25.1 Å². The van der Waals surface area contributed by atoms with Crippen molar-refractivity contribution in [3.8, 4) is 5.69 Å². The smallest absolute Gasteiger partial charge is 0.337 e. The average molecular weight is 504 g/mol. The Bertz CT molecular complexity index is 1550. The van der Waals surface area contributed by atoms with E-state index in [4.69, 9.17) is 9.97 Å². The molecular formula is C25H22BrN5O2. The molecule has 7 nitrogen and oxygen atoms in total. The van der Waals surface area contributed by atoms with Crippen LogP contribution in [0.15, 0.2) is 53.1 Å². The second kappa shape index (κ2) is 8.12. The van der Waals surface area contributed by atoms with E-state index >= 15 is 0 Å². The van der Waals surface area contributed by atoms with Crippen LogP contribution in [0, 0.1) is 13.8 Å². The maximum absolute atomic E-state index is 11.7. The van der Waals surface area contributed by atoms with Gasteiger partial charge in [0, 0.05) is 17.5 Å². The molecule has 8 heteroatoms. The normalized spacial score (nSPS) is 11.5. The minimum atomic E-state index is -0.987. The number of hydrogen-bond donors (Lipinski definition) is 1. The predicted molar refractivity (Wildman–Crippen MR) is 131 cm³/mol. The summed E-state index contributed by atoms with van der Waals surface area (Å²) < 4.78 is 4.51. The molecule has 0 aliphatic heterocycles. The molecule has 0 aliphatic rings. The van der Waals surface area contributed by atoms with Crippen LogP contribution in [0.4, 0.5) is 0 Å². The monoisotopic (exact) mass is 503 g/mol. The van der Waals surface area contributed by atoms with Crippen molar-refractivity contribution in [1.82, 2.24) is 24.3 Å². The number of aromatic nitrogens is 5. The van der Waals surface area contributed by atoms with E-state index in [0.717, 1.165) is 51.1 Å². The highest BCUT2D eigenvalue weighted by Gasteiger charge is 2.18. The number of carbonyl (C=O) groups is 1. The quantitative estimate of drug-likeness (QED) is 0.344. The van der Waals surface area contributed by atoms with Gasteiger partial charge in [-0.15, -0.1) is 0 Å². The van der Waals surface area contributed by atoms with E-state index < -0.39 is 5.97 Å². The number of carboxylic acid groups (broad SMARTS) is 1. The summed E-state index contributed by atoms with van der Waals surface area (Å²) in [7, 11) is 0. The number of benzene rings is 2. The molecule has 0 amide bonds. The van der Waals surface area contributed by atoms with Gasteiger partial charge in [0.2, 0.25) is 0 Å². The van der Waals surface area contributed by atoms with Gasteiger partial charge in [-0.25, -0.2) is 19.4 Å². The van der Waals surface area contributed by atoms with Crippen molar-refractivity contribution in [2.45, 2.75) is 33.7 Å². The van der Waals surface area contributed by atoms with Crippen LogP contribution in [0.3, 0.4) is 0 Å². The van der Waals surface area contributed by atoms with Crippen molar-refractivity contribution in [2.75, 3.05) is 0 Å². The van der Waals surface area contributed by atoms with Crippen LogP contribution < -0.4 is 0 Å². The minimum absolute atomic E-state index is 0.202. The van der Waals surface area contributed by atoms with Gasteiger partial charge in [0.1, 0.15) is 15.9 Å². The van der Waals surface area contributed by atoms with Gasteiger partial charge in [-0.1, -0.05) is 25.1 Å². The Labute approximate surface area is 198 Å². The van der Waals surface area contributed by atoms with Gasteiger partial charge in [0.05, 0.1) is 23.3 Å². The molecule has 5 aromatic rings. The summed E-state index contributed by atoms with van der Waals surface area (Å²) in [4.78, 5) is 21.3. The number of pyridine rings is 1. The van der Waals surface area contributed by atoms with Gasteiger partial charge in [-0.05, 0) is 71.2 Å². The minimum Gasteiger partial charge on any atom is -0.478 e. The van der Waals surface area contributed by atoms with Crippen LogP contribution in [-0.2, 0) is 13.0 Å². The largest absolute Gasteiger partial charge is 0.478 e. The SMILES string of the molecule is CCc1nc2c(C)cc(C)nc2n1Cc1ccc2c(c1)c(Br)nn2-c1ccccc1C(=O)O. The second-order valence-electron chi connectivity index (χ2n) is 8.10. The maximum Gasteiger partial charge on any atom is 0.337 e. The Morgan fingerprint density at radius 3 is 2.64 bits per heavy atom. The number of halogens is 1. The summed E-state index contributed by atoms with van der Waals surface area (Å²) in [5, 5.41) is 15.1. The third-order valence-corrected chi connectivity index (χ3v) is 6.41. The average Bonchev–Trinajstić information content (AvgIpc) is 3.31. The van der Waals surface area contributed by atoms with Crippen molar-refractivity contribution in [3.05, 3.63) is 81.3 Å². The third-order valence-electron chi connectivity index (χ3n) is 5.82. The van der Waals surface area contributed by atoms with Gasteiger partial charge < -0.3 is 9.67 Å². The molecule has 166 valence electrons. The zero-order chi connectivity index (χ0) is 23.3. The van der Waals surface area contributed by atoms with Crippen LogP contribution in [0.5, 0.6) is 0 Å². The van der Waals surface area contributed by atoms with E-state index in [1.165, 1.54) is 0 Å². The molecule has 3 aromatic heterocycles. The molecule has 33 heavy (non-hydrogen) atoms. The number of para-hydroxylation sites is 1. The van der Waals surface area contributed by atoms with Crippen molar-refractivity contribution in [1.29, 1.82) is 0 Å². The summed E-state index contributed by atoms with van der Waals surface area (Å²) in [5.41, 5.74) is 6.58. The van der Waals surface area contributed by atoms with E-state index in [2.05, 4.69) is 51.6 Å². The van der Waals surface area contributed by atoms with Crippen LogP contribution in [0.25, 0.3) is 27.8 Å². The zero-order valence-electron chi connectivity index (χ0n) is 18.5. The predicted octanol–water partition coefficient (Wildman–Crippen LogP) is 5.46. The van der Waals surface area contributed by atoms with Crippen molar-refractivity contribution < 1.29 is 9.90 Å². The fourth-order valence-corrected chi connectivity index (χ4v) is 4.79. The summed E-state index contributed by atoms with van der Waals surface area (Å²) in [6, 6.07) is 15.0. The molecule has 3 heterocycles. The van der Waals surface area contributed by atoms with E-state index in [1.54, 1.807) is 22.9 Å². The van der Waals surface area contributed by atoms with Crippen LogP contribution in [-0.4, -0.2) is 35.4 Å². The first-order valence-corrected chi connectivity index (χ1v) is 11.5. The van der Waals surface area contributed by atoms with Crippen LogP contribution >= 0.6 is 15.9 Å². The Morgan fingerprint density at radius 2 is 1.88 bits per heavy atom. The van der Waals surface area contributed by atoms with E-state index in [-0.39, 0.29) is 5.56 Å². The second-order valence-corrected chi connectivity index (χ2v) is 8.85. The number of carboxylic acids is 1. The van der Waals surface area contributed by atoms with Gasteiger partial charge in [-0.3, -0.25) is 0 Å². The molecule has 0 unspecified atom stereocenters. The molecule has 0 saturated heterocycles. The third kappa shape index (κ3) is 3.60. The first kappa shape index (κ1) is 21.3. The topological polar surface area (TPSA) is 85.8 Å². The molecule has 0 atom stereocenters. The fraction of sp³-hybridized carbons (Fsp3) is 0.200. The van der Waals surface area contributed by atoms with Crippen molar-refractivity contribution in [2.24, 2.45) is 0 Å². The first-order valence-electron chi connectivity index (χ1n) is 10.7. The molecule has 0 bridgehead atoms. The number of aromatic carboxylic acids is 1. The molecule has 5 rings (SSSR count). The molecule has 2 aromatic carbocycles. The van der Waals surface area contributed by atoms with Crippen molar-refractivity contribution >= 4 is 44.0 Å². The highest BCUT2D eigenvalue weighted by molar-refractivity contribution is 9.10. The number of nitrogens with zero attached hydrogens (tertiary/aromatic N) is 5. The number of rotatable bonds is 5. The van der Waals surface area contributed by atoms with E-state index in [0.29, 0.717) is 16.8 Å². The lowest BCUT2D eigenvalue weighted by Gasteiger charge is -2.10. The highest BCUT2D eigenvalue weighted by Crippen LogP contribution is 2.29. The molecule has 0 radical (unpaired) electrons. The number of imidazole rings is 1. The lowest BCUT2D eigenvalue weighted by molar-refractivity contribution is 0.0697. The maximum atomic E-state index is 11.7. The molecule has 0 fully saturated rings. The van der Waals surface area contributed by atoms with E-state index in [9.17, 15) is 9.90 Å². The fourth-order valence-electron chi connectivity index (χ4n) is 4.32. The standard InChI is InChI=1S/C25H22BrN5O2/c1-4-21-28-22-14(2)11-15(3)27-24(22)30(21)13-16-9-10-20-18(12-16)23(26)29-31(20)19-8-6-5-7-17(19)25(32)33/h5-12H,4,13H2,1-3H3,(H,32,33). The molecule has 0 spiro atoms. The molecule has 0 saturated carbocycles. The van der Waals surface area contributed by atoms with Gasteiger partial charge in [0.15, 0.2) is 5.65 Å². The highest BCUT2D eigenvalue weighted by atomic mass is 79.9. The molecule has 0 aliphatic carbocycles. The van der Waals surface area contributed by atoms with Gasteiger partial charge >= 0.3 is 5.97 Å². The number of aryl methyl sites for hydroxylation is 3. The van der Waals surface area contributed by atoms with Gasteiger partial charge in [-0.2, -0.15) is 5.10 Å². The summed E-state index contributed by atoms with van der Waals surface area (Å²) in [6.07, 6.45) is 0.810.